The number of anilines is 1. The zero-order valence-electron chi connectivity index (χ0n) is 9.89. The lowest BCUT2D eigenvalue weighted by Gasteiger charge is -2.08. The Labute approximate surface area is 125 Å². The molecule has 1 N–H and O–H groups in total. The van der Waals surface area contributed by atoms with Crippen molar-refractivity contribution in [2.75, 3.05) is 4.72 Å². The van der Waals surface area contributed by atoms with Gasteiger partial charge in [-0.2, -0.15) is 0 Å². The minimum absolute atomic E-state index is 0.0994. The summed E-state index contributed by atoms with van der Waals surface area (Å²) in [5, 5.41) is 0.364. The van der Waals surface area contributed by atoms with Crippen molar-refractivity contribution in [2.24, 2.45) is 0 Å². The molecule has 4 nitrogen and oxygen atoms in total. The summed E-state index contributed by atoms with van der Waals surface area (Å²) in [6, 6.07) is 9.37. The zero-order chi connectivity index (χ0) is 14.0. The van der Waals surface area contributed by atoms with Crippen LogP contribution in [0.1, 0.15) is 5.69 Å². The predicted octanol–water partition coefficient (Wildman–Crippen LogP) is 3.61. The highest BCUT2D eigenvalue weighted by molar-refractivity contribution is 9.10. The highest BCUT2D eigenvalue weighted by Crippen LogP contribution is 2.20. The van der Waals surface area contributed by atoms with E-state index in [4.69, 9.17) is 11.6 Å². The second kappa shape index (κ2) is 5.48. The third kappa shape index (κ3) is 3.46. The summed E-state index contributed by atoms with van der Waals surface area (Å²) in [4.78, 5) is 4.24. The van der Waals surface area contributed by atoms with Crippen molar-refractivity contribution in [1.82, 2.24) is 4.98 Å². The summed E-state index contributed by atoms with van der Waals surface area (Å²) < 4.78 is 27.5. The molecular formula is C12H10BrClN2O2S. The number of nitrogens with zero attached hydrogens (tertiary/aromatic N) is 1. The highest BCUT2D eigenvalue weighted by atomic mass is 79.9. The molecule has 0 saturated carbocycles. The Balaban J connectivity index is 2.33. The number of pyridine rings is 1. The lowest BCUT2D eigenvalue weighted by Crippen LogP contribution is -2.14. The summed E-state index contributed by atoms with van der Waals surface area (Å²) >= 11 is 9.09. The number of halogens is 2. The molecular weight excluding hydrogens is 352 g/mol. The Morgan fingerprint density at radius 1 is 1.26 bits per heavy atom. The molecule has 100 valence electrons. The molecule has 1 heterocycles. The van der Waals surface area contributed by atoms with Crippen molar-refractivity contribution in [1.29, 1.82) is 0 Å². The highest BCUT2D eigenvalue weighted by Gasteiger charge is 2.15. The van der Waals surface area contributed by atoms with Crippen LogP contribution in [0, 0.1) is 6.92 Å². The lowest BCUT2D eigenvalue weighted by atomic mass is 10.4. The first-order valence-corrected chi connectivity index (χ1v) is 7.95. The first kappa shape index (κ1) is 14.3. The Morgan fingerprint density at radius 2 is 2.00 bits per heavy atom. The standard InChI is InChI=1S/C12H10BrClN2O2S/c1-8-11(13)5-6-12(15-8)16-19(17,18)10-4-2-3-9(14)7-10/h2-7H,1H3,(H,15,16). The molecule has 0 aliphatic heterocycles. The molecule has 7 heteroatoms. The third-order valence-corrected chi connectivity index (χ3v) is 4.79. The maximum absolute atomic E-state index is 12.1. The van der Waals surface area contributed by atoms with E-state index in [1.165, 1.54) is 12.1 Å². The molecule has 1 aromatic heterocycles. The van der Waals surface area contributed by atoms with Crippen LogP contribution in [-0.4, -0.2) is 13.4 Å². The van der Waals surface area contributed by atoms with Gasteiger partial charge >= 0.3 is 0 Å². The van der Waals surface area contributed by atoms with Crippen LogP contribution in [0.3, 0.4) is 0 Å². The number of aromatic nitrogens is 1. The molecule has 0 aliphatic rings. The summed E-state index contributed by atoms with van der Waals surface area (Å²) in [7, 11) is -3.68. The van der Waals surface area contributed by atoms with E-state index in [1.54, 1.807) is 31.2 Å². The van der Waals surface area contributed by atoms with Gasteiger partial charge in [0.25, 0.3) is 10.0 Å². The van der Waals surface area contributed by atoms with E-state index in [9.17, 15) is 8.42 Å². The molecule has 2 rings (SSSR count). The fourth-order valence-electron chi connectivity index (χ4n) is 1.43. The van der Waals surface area contributed by atoms with Crippen molar-refractivity contribution in [3.63, 3.8) is 0 Å². The number of nitrogens with one attached hydrogen (secondary N) is 1. The van der Waals surface area contributed by atoms with Crippen molar-refractivity contribution < 1.29 is 8.42 Å². The summed E-state index contributed by atoms with van der Waals surface area (Å²) in [5.74, 6) is 0.265. The molecule has 0 spiro atoms. The number of benzene rings is 1. The van der Waals surface area contributed by atoms with E-state index in [0.717, 1.165) is 4.47 Å². The Bertz CT molecular complexity index is 719. The van der Waals surface area contributed by atoms with Gasteiger partial charge in [-0.05, 0) is 53.2 Å². The molecule has 0 saturated heterocycles. The number of hydrogen-bond donors (Lipinski definition) is 1. The van der Waals surface area contributed by atoms with Gasteiger partial charge in [-0.25, -0.2) is 13.4 Å². The smallest absolute Gasteiger partial charge is 0.263 e. The van der Waals surface area contributed by atoms with Crippen LogP contribution in [-0.2, 0) is 10.0 Å². The van der Waals surface area contributed by atoms with Crippen LogP contribution >= 0.6 is 27.5 Å². The monoisotopic (exact) mass is 360 g/mol. The quantitative estimate of drug-likeness (QED) is 0.908. The maximum Gasteiger partial charge on any atom is 0.263 e. The number of rotatable bonds is 3. The fourth-order valence-corrected chi connectivity index (χ4v) is 2.95. The van der Waals surface area contributed by atoms with Gasteiger partial charge in [-0.15, -0.1) is 0 Å². The van der Waals surface area contributed by atoms with Crippen LogP contribution in [0.4, 0.5) is 5.82 Å². The number of sulfonamides is 1. The molecule has 2 aromatic rings. The van der Waals surface area contributed by atoms with Crippen molar-refractivity contribution in [3.05, 3.63) is 51.6 Å². The van der Waals surface area contributed by atoms with Gasteiger partial charge in [-0.1, -0.05) is 17.7 Å². The topological polar surface area (TPSA) is 59.1 Å². The second-order valence-electron chi connectivity index (χ2n) is 3.83. The Hall–Kier alpha value is -1.11. The lowest BCUT2D eigenvalue weighted by molar-refractivity contribution is 0.601. The van der Waals surface area contributed by atoms with Crippen LogP contribution in [0.15, 0.2) is 45.8 Å². The molecule has 0 unspecified atom stereocenters. The summed E-state index contributed by atoms with van der Waals surface area (Å²) in [6.07, 6.45) is 0. The molecule has 0 amide bonds. The SMILES string of the molecule is Cc1nc(NS(=O)(=O)c2cccc(Cl)c2)ccc1Br. The van der Waals surface area contributed by atoms with Gasteiger partial charge in [-0.3, -0.25) is 4.72 Å². The predicted molar refractivity (Wildman–Crippen MR) is 78.9 cm³/mol. The van der Waals surface area contributed by atoms with Crippen LogP contribution in [0.2, 0.25) is 5.02 Å². The van der Waals surface area contributed by atoms with Gasteiger partial charge in [0.05, 0.1) is 10.6 Å². The van der Waals surface area contributed by atoms with E-state index in [1.807, 2.05) is 0 Å². The number of aryl methyl sites for hydroxylation is 1. The third-order valence-electron chi connectivity index (χ3n) is 2.37. The average Bonchev–Trinajstić information content (AvgIpc) is 2.33. The summed E-state index contributed by atoms with van der Waals surface area (Å²) in [5.41, 5.74) is 0.700. The van der Waals surface area contributed by atoms with Crippen molar-refractivity contribution >= 4 is 43.4 Å². The average molecular weight is 362 g/mol. The van der Waals surface area contributed by atoms with Crippen molar-refractivity contribution in [2.45, 2.75) is 11.8 Å². The zero-order valence-corrected chi connectivity index (χ0v) is 13.1. The van der Waals surface area contributed by atoms with E-state index >= 15 is 0 Å². The second-order valence-corrected chi connectivity index (χ2v) is 6.80. The van der Waals surface area contributed by atoms with Gasteiger partial charge in [0, 0.05) is 9.50 Å². The van der Waals surface area contributed by atoms with E-state index in [-0.39, 0.29) is 10.7 Å². The molecule has 1 aromatic carbocycles. The normalized spacial score (nSPS) is 11.3. The molecule has 0 aliphatic carbocycles. The van der Waals surface area contributed by atoms with E-state index < -0.39 is 10.0 Å². The number of hydrogen-bond acceptors (Lipinski definition) is 3. The van der Waals surface area contributed by atoms with Crippen LogP contribution < -0.4 is 4.72 Å². The van der Waals surface area contributed by atoms with Gasteiger partial charge in [0.1, 0.15) is 5.82 Å². The van der Waals surface area contributed by atoms with Gasteiger partial charge in [0.2, 0.25) is 0 Å². The molecule has 0 atom stereocenters. The Morgan fingerprint density at radius 3 is 2.63 bits per heavy atom. The Kier molecular flexibility index (Phi) is 4.13. The molecule has 19 heavy (non-hydrogen) atoms. The summed E-state index contributed by atoms with van der Waals surface area (Å²) in [6.45, 7) is 1.78. The molecule has 0 fully saturated rings. The van der Waals surface area contributed by atoms with Gasteiger partial charge < -0.3 is 0 Å². The van der Waals surface area contributed by atoms with Crippen molar-refractivity contribution in [3.8, 4) is 0 Å². The minimum atomic E-state index is -3.68. The fraction of sp³-hybridized carbons (Fsp3) is 0.0833. The first-order valence-electron chi connectivity index (χ1n) is 5.30. The largest absolute Gasteiger partial charge is 0.263 e. The minimum Gasteiger partial charge on any atom is -0.263 e. The van der Waals surface area contributed by atoms with Crippen LogP contribution in [0.25, 0.3) is 0 Å². The first-order chi connectivity index (χ1) is 8.88. The van der Waals surface area contributed by atoms with E-state index in [2.05, 4.69) is 25.6 Å². The van der Waals surface area contributed by atoms with E-state index in [0.29, 0.717) is 10.7 Å². The van der Waals surface area contributed by atoms with Crippen LogP contribution in [0.5, 0.6) is 0 Å². The van der Waals surface area contributed by atoms with Gasteiger partial charge in [0.15, 0.2) is 0 Å². The molecule has 0 radical (unpaired) electrons. The molecule has 0 bridgehead atoms. The maximum atomic E-state index is 12.1.